The zero-order valence-corrected chi connectivity index (χ0v) is 7.03. The average molecular weight is 164 g/mol. The van der Waals surface area contributed by atoms with Crippen molar-refractivity contribution in [1.29, 1.82) is 0 Å². The monoisotopic (exact) mass is 164 g/mol. The van der Waals surface area contributed by atoms with Gasteiger partial charge >= 0.3 is 0 Å². The minimum Gasteiger partial charge on any atom is -0.368 e. The van der Waals surface area contributed by atoms with Crippen LogP contribution < -0.4 is 10.6 Å². The molecule has 1 amide bonds. The number of benzene rings is 1. The molecular weight excluding hydrogens is 152 g/mol. The lowest BCUT2D eigenvalue weighted by Gasteiger charge is -2.16. The van der Waals surface area contributed by atoms with Crippen molar-refractivity contribution >= 4 is 11.6 Å². The highest BCUT2D eigenvalue weighted by molar-refractivity contribution is 5.79. The maximum absolute atomic E-state index is 10.6. The summed E-state index contributed by atoms with van der Waals surface area (Å²) in [5.74, 6) is -0.318. The number of hydrogen-bond acceptors (Lipinski definition) is 2. The van der Waals surface area contributed by atoms with Crippen LogP contribution in [0.5, 0.6) is 0 Å². The second-order valence-corrected chi connectivity index (χ2v) is 2.66. The van der Waals surface area contributed by atoms with Crippen molar-refractivity contribution in [3.05, 3.63) is 30.3 Å². The topological polar surface area (TPSA) is 46.3 Å². The van der Waals surface area contributed by atoms with Crippen molar-refractivity contribution in [3.63, 3.8) is 0 Å². The van der Waals surface area contributed by atoms with Gasteiger partial charge in [0.05, 0.1) is 6.54 Å². The summed E-state index contributed by atoms with van der Waals surface area (Å²) < 4.78 is 0. The molecule has 0 saturated carbocycles. The van der Waals surface area contributed by atoms with Crippen LogP contribution in [0.1, 0.15) is 0 Å². The Kier molecular flexibility index (Phi) is 2.69. The van der Waals surface area contributed by atoms with Gasteiger partial charge in [-0.05, 0) is 12.1 Å². The van der Waals surface area contributed by atoms with Gasteiger partial charge in [-0.3, -0.25) is 4.79 Å². The quantitative estimate of drug-likeness (QED) is 0.711. The summed E-state index contributed by atoms with van der Waals surface area (Å²) in [4.78, 5) is 12.4. The second kappa shape index (κ2) is 3.76. The van der Waals surface area contributed by atoms with Crippen LogP contribution >= 0.6 is 0 Å². The van der Waals surface area contributed by atoms with E-state index < -0.39 is 0 Å². The summed E-state index contributed by atoms with van der Waals surface area (Å²) in [6.45, 7) is 0.254. The van der Waals surface area contributed by atoms with Crippen molar-refractivity contribution in [2.75, 3.05) is 18.5 Å². The highest BCUT2D eigenvalue weighted by Crippen LogP contribution is 2.09. The highest BCUT2D eigenvalue weighted by atomic mass is 16.1. The number of hydrogen-bond donors (Lipinski definition) is 1. The highest BCUT2D eigenvalue weighted by Gasteiger charge is 2.01. The fourth-order valence-electron chi connectivity index (χ4n) is 1.01. The molecule has 12 heavy (non-hydrogen) atoms. The third-order valence-corrected chi connectivity index (χ3v) is 1.59. The third kappa shape index (κ3) is 2.27. The molecule has 0 unspecified atom stereocenters. The number of nitrogens with two attached hydrogens (primary N) is 1. The predicted molar refractivity (Wildman–Crippen MR) is 48.9 cm³/mol. The summed E-state index contributed by atoms with van der Waals surface area (Å²) >= 11 is 0. The van der Waals surface area contributed by atoms with Crippen molar-refractivity contribution in [3.8, 4) is 0 Å². The maximum Gasteiger partial charge on any atom is 0.236 e. The molecule has 1 rings (SSSR count). The van der Waals surface area contributed by atoms with Gasteiger partial charge in [-0.25, -0.2) is 0 Å². The SMILES string of the molecule is CN(CC(N)=O)c1ccccc1. The number of amides is 1. The lowest BCUT2D eigenvalue weighted by atomic mass is 10.3. The normalized spacial score (nSPS) is 9.42. The number of rotatable bonds is 3. The largest absolute Gasteiger partial charge is 0.368 e. The number of nitrogens with zero attached hydrogens (tertiary/aromatic N) is 1. The molecular formula is C9H12N2O. The molecule has 0 aliphatic heterocycles. The molecule has 1 aromatic carbocycles. The Morgan fingerprint density at radius 3 is 2.50 bits per heavy atom. The van der Waals surface area contributed by atoms with E-state index in [-0.39, 0.29) is 12.5 Å². The van der Waals surface area contributed by atoms with E-state index >= 15 is 0 Å². The van der Waals surface area contributed by atoms with Crippen LogP contribution in [0.3, 0.4) is 0 Å². The molecule has 0 radical (unpaired) electrons. The first-order valence-corrected chi connectivity index (χ1v) is 3.74. The van der Waals surface area contributed by atoms with E-state index in [0.29, 0.717) is 0 Å². The van der Waals surface area contributed by atoms with Crippen LogP contribution in [0, 0.1) is 0 Å². The number of anilines is 1. The molecule has 0 aliphatic rings. The van der Waals surface area contributed by atoms with Crippen LogP contribution in [-0.4, -0.2) is 19.5 Å². The fraction of sp³-hybridized carbons (Fsp3) is 0.222. The molecule has 0 fully saturated rings. The summed E-state index contributed by atoms with van der Waals surface area (Å²) in [5, 5.41) is 0. The smallest absolute Gasteiger partial charge is 0.236 e. The Bertz CT molecular complexity index is 258. The zero-order valence-electron chi connectivity index (χ0n) is 7.03. The molecule has 0 heterocycles. The molecule has 0 aromatic heterocycles. The average Bonchev–Trinajstić information content (AvgIpc) is 2.05. The first-order valence-electron chi connectivity index (χ1n) is 3.74. The van der Waals surface area contributed by atoms with E-state index in [1.807, 2.05) is 42.3 Å². The maximum atomic E-state index is 10.6. The minimum absolute atomic E-state index is 0.254. The first kappa shape index (κ1) is 8.59. The fourth-order valence-corrected chi connectivity index (χ4v) is 1.01. The summed E-state index contributed by atoms with van der Waals surface area (Å²) in [5.41, 5.74) is 6.05. The Hall–Kier alpha value is -1.51. The third-order valence-electron chi connectivity index (χ3n) is 1.59. The van der Waals surface area contributed by atoms with Gasteiger partial charge in [-0.2, -0.15) is 0 Å². The molecule has 0 spiro atoms. The number of likely N-dealkylation sites (N-methyl/N-ethyl adjacent to an activating group) is 1. The van der Waals surface area contributed by atoms with Crippen molar-refractivity contribution in [2.45, 2.75) is 0 Å². The standard InChI is InChI=1S/C9H12N2O/c1-11(7-9(10)12)8-5-3-2-4-6-8/h2-6H,7H2,1H3,(H2,10,12). The lowest BCUT2D eigenvalue weighted by molar-refractivity contribution is -0.116. The van der Waals surface area contributed by atoms with Gasteiger partial charge in [0.1, 0.15) is 0 Å². The number of carbonyl (C=O) groups excluding carboxylic acids is 1. The van der Waals surface area contributed by atoms with Crippen LogP contribution in [0.4, 0.5) is 5.69 Å². The second-order valence-electron chi connectivity index (χ2n) is 2.66. The van der Waals surface area contributed by atoms with Gasteiger partial charge in [0, 0.05) is 12.7 Å². The van der Waals surface area contributed by atoms with E-state index in [4.69, 9.17) is 5.73 Å². The summed E-state index contributed by atoms with van der Waals surface area (Å²) in [6, 6.07) is 9.65. The zero-order chi connectivity index (χ0) is 8.97. The van der Waals surface area contributed by atoms with Crippen LogP contribution in [0.15, 0.2) is 30.3 Å². The van der Waals surface area contributed by atoms with Gasteiger partial charge in [0.2, 0.25) is 5.91 Å². The van der Waals surface area contributed by atoms with E-state index in [1.54, 1.807) is 0 Å². The Balaban J connectivity index is 2.65. The first-order chi connectivity index (χ1) is 5.70. The summed E-state index contributed by atoms with van der Waals surface area (Å²) in [7, 11) is 1.83. The number of carbonyl (C=O) groups is 1. The lowest BCUT2D eigenvalue weighted by Crippen LogP contribution is -2.30. The van der Waals surface area contributed by atoms with Crippen molar-refractivity contribution < 1.29 is 4.79 Å². The Morgan fingerprint density at radius 2 is 2.00 bits per heavy atom. The van der Waals surface area contributed by atoms with Crippen LogP contribution in [0.2, 0.25) is 0 Å². The van der Waals surface area contributed by atoms with Gasteiger partial charge < -0.3 is 10.6 Å². The van der Waals surface area contributed by atoms with Crippen molar-refractivity contribution in [1.82, 2.24) is 0 Å². The Morgan fingerprint density at radius 1 is 1.42 bits per heavy atom. The van der Waals surface area contributed by atoms with E-state index in [9.17, 15) is 4.79 Å². The summed E-state index contributed by atoms with van der Waals surface area (Å²) in [6.07, 6.45) is 0. The number of primary amides is 1. The van der Waals surface area contributed by atoms with Gasteiger partial charge in [0.25, 0.3) is 0 Å². The molecule has 0 saturated heterocycles. The molecule has 3 heteroatoms. The molecule has 0 bridgehead atoms. The van der Waals surface area contributed by atoms with Gasteiger partial charge in [0.15, 0.2) is 0 Å². The van der Waals surface area contributed by atoms with E-state index in [1.165, 1.54) is 0 Å². The molecule has 1 aromatic rings. The Labute approximate surface area is 71.8 Å². The van der Waals surface area contributed by atoms with Gasteiger partial charge in [-0.1, -0.05) is 18.2 Å². The van der Waals surface area contributed by atoms with Crippen LogP contribution in [-0.2, 0) is 4.79 Å². The molecule has 2 N–H and O–H groups in total. The molecule has 64 valence electrons. The van der Waals surface area contributed by atoms with Gasteiger partial charge in [-0.15, -0.1) is 0 Å². The van der Waals surface area contributed by atoms with Crippen LogP contribution in [0.25, 0.3) is 0 Å². The number of para-hydroxylation sites is 1. The molecule has 3 nitrogen and oxygen atoms in total. The van der Waals surface area contributed by atoms with Crippen molar-refractivity contribution in [2.24, 2.45) is 5.73 Å². The van der Waals surface area contributed by atoms with E-state index in [0.717, 1.165) is 5.69 Å². The molecule has 0 aliphatic carbocycles. The predicted octanol–water partition coefficient (Wildman–Crippen LogP) is 0.608. The minimum atomic E-state index is -0.318. The molecule has 0 atom stereocenters. The van der Waals surface area contributed by atoms with E-state index in [2.05, 4.69) is 0 Å².